The predicted molar refractivity (Wildman–Crippen MR) is 82.3 cm³/mol. The lowest BCUT2D eigenvalue weighted by atomic mass is 10.7. The summed E-state index contributed by atoms with van der Waals surface area (Å²) < 4.78 is 19.7. The van der Waals surface area contributed by atoms with Crippen LogP contribution in [0.15, 0.2) is 25.3 Å². The van der Waals surface area contributed by atoms with Crippen molar-refractivity contribution in [3.8, 4) is 0 Å². The first-order chi connectivity index (χ1) is 12.2. The summed E-state index contributed by atoms with van der Waals surface area (Å²) in [5.74, 6) is -1.62. The van der Waals surface area contributed by atoms with Crippen LogP contribution in [0.2, 0.25) is 0 Å². The third-order valence-electron chi connectivity index (χ3n) is 2.16. The molecule has 0 aromatic rings. The molecule has 0 saturated heterocycles. The van der Waals surface area contributed by atoms with Crippen LogP contribution in [0.25, 0.3) is 0 Å². The number of hydrogen-bond acceptors (Lipinski definition) is 11. The summed E-state index contributed by atoms with van der Waals surface area (Å²) in [7, 11) is 0. The van der Waals surface area contributed by atoms with Crippen LogP contribution < -0.4 is 0 Å². The average molecular weight is 378 g/mol. The third-order valence-corrected chi connectivity index (χ3v) is 2.16. The quantitative estimate of drug-likeness (QED) is 0.162. The summed E-state index contributed by atoms with van der Waals surface area (Å²) in [4.78, 5) is 50.9. The Balaban J connectivity index is 4.06. The predicted octanol–water partition coefficient (Wildman–Crippen LogP) is 1.88. The molecule has 0 aliphatic heterocycles. The summed E-state index contributed by atoms with van der Waals surface area (Å²) >= 11 is 0. The van der Waals surface area contributed by atoms with Crippen molar-refractivity contribution in [1.29, 1.82) is 0 Å². The van der Waals surface area contributed by atoms with Gasteiger partial charge in [-0.25, -0.2) is 14.4 Å². The van der Waals surface area contributed by atoms with E-state index in [4.69, 9.17) is 18.9 Å². The van der Waals surface area contributed by atoms with Gasteiger partial charge in [0, 0.05) is 12.2 Å². The van der Waals surface area contributed by atoms with Crippen LogP contribution in [0.5, 0.6) is 0 Å². The zero-order valence-electron chi connectivity index (χ0n) is 14.9. The molecule has 0 fully saturated rings. The van der Waals surface area contributed by atoms with E-state index in [2.05, 4.69) is 32.7 Å². The fourth-order valence-corrected chi connectivity index (χ4v) is 1.24. The van der Waals surface area contributed by atoms with Gasteiger partial charge in [0.2, 0.25) is 25.2 Å². The van der Waals surface area contributed by atoms with Gasteiger partial charge < -0.3 is 18.9 Å². The molecule has 4 atom stereocenters. The molecule has 11 heteroatoms. The molecule has 0 radical (unpaired) electrons. The Morgan fingerprint density at radius 2 is 1.04 bits per heavy atom. The van der Waals surface area contributed by atoms with E-state index in [1.165, 1.54) is 27.7 Å². The molecule has 0 aromatic carbocycles. The number of hydrogen-bond donors (Lipinski definition) is 0. The molecule has 11 nitrogen and oxygen atoms in total. The van der Waals surface area contributed by atoms with Gasteiger partial charge in [-0.15, -0.1) is 0 Å². The highest BCUT2D eigenvalue weighted by molar-refractivity contribution is 5.80. The molecule has 0 heterocycles. The van der Waals surface area contributed by atoms with Gasteiger partial charge in [0.1, 0.15) is 0 Å². The van der Waals surface area contributed by atoms with Crippen molar-refractivity contribution in [3.63, 3.8) is 0 Å². The van der Waals surface area contributed by atoms with Crippen molar-refractivity contribution in [2.45, 2.75) is 52.9 Å². The fraction of sp³-hybridized carbons (Fsp3) is 0.533. The van der Waals surface area contributed by atoms with E-state index in [1.54, 1.807) is 0 Å². The normalized spacial score (nSPS) is 14.9. The minimum Gasteiger partial charge on any atom is -0.405 e. The maximum Gasteiger partial charge on any atom is 0.512 e. The molecule has 0 bridgehead atoms. The van der Waals surface area contributed by atoms with Gasteiger partial charge in [0.15, 0.2) is 0 Å². The van der Waals surface area contributed by atoms with Crippen LogP contribution in [0.3, 0.4) is 0 Å². The van der Waals surface area contributed by atoms with Gasteiger partial charge in [-0.3, -0.25) is 9.78 Å². The first kappa shape index (κ1) is 23.5. The van der Waals surface area contributed by atoms with Gasteiger partial charge in [0.05, 0.1) is 0 Å². The minimum absolute atomic E-state index is 0.811. The molecule has 0 saturated carbocycles. The molecule has 0 spiro atoms. The highest BCUT2D eigenvalue weighted by Crippen LogP contribution is 2.07. The monoisotopic (exact) mass is 378 g/mol. The SMILES string of the molecule is C=CC(=O)OOC(C)OC(C)OC(=O)OC(C)OC(C)OOC(=O)C=C. The summed E-state index contributed by atoms with van der Waals surface area (Å²) in [6.07, 6.45) is -3.55. The van der Waals surface area contributed by atoms with E-state index in [9.17, 15) is 14.4 Å². The lowest BCUT2D eigenvalue weighted by molar-refractivity contribution is -0.368. The second kappa shape index (κ2) is 12.8. The van der Waals surface area contributed by atoms with E-state index in [1.807, 2.05) is 0 Å². The van der Waals surface area contributed by atoms with E-state index in [0.29, 0.717) is 0 Å². The van der Waals surface area contributed by atoms with Crippen LogP contribution in [-0.4, -0.2) is 43.3 Å². The Bertz CT molecular complexity index is 448. The third kappa shape index (κ3) is 12.0. The maximum atomic E-state index is 11.6. The van der Waals surface area contributed by atoms with E-state index >= 15 is 0 Å². The lowest BCUT2D eigenvalue weighted by Crippen LogP contribution is -2.29. The summed E-state index contributed by atoms with van der Waals surface area (Å²) in [6, 6.07) is 0. The summed E-state index contributed by atoms with van der Waals surface area (Å²) in [5.41, 5.74) is 0. The second-order valence-corrected chi connectivity index (χ2v) is 4.43. The minimum atomic E-state index is -1.12. The molecule has 0 aliphatic carbocycles. The number of carbonyl (C=O) groups excluding carboxylic acids is 3. The molecule has 148 valence electrons. The summed E-state index contributed by atoms with van der Waals surface area (Å²) in [5, 5.41) is 0. The molecule has 0 rings (SSSR count). The molecule has 4 unspecified atom stereocenters. The summed E-state index contributed by atoms with van der Waals surface area (Å²) in [6.45, 7) is 11.9. The standard InChI is InChI=1S/C15H22O11/c1-7-13(16)25-23-11(5)19-9(3)21-15(18)22-10(4)20-12(6)24-26-14(17)8-2/h7-12H,1-2H2,3-6H3. The Labute approximate surface area is 150 Å². The van der Waals surface area contributed by atoms with Crippen molar-refractivity contribution < 1.29 is 52.9 Å². The fourth-order valence-electron chi connectivity index (χ4n) is 1.24. The molecule has 0 aromatic heterocycles. The molecule has 0 N–H and O–H groups in total. The highest BCUT2D eigenvalue weighted by atomic mass is 17.2. The highest BCUT2D eigenvalue weighted by Gasteiger charge is 2.20. The van der Waals surface area contributed by atoms with Crippen molar-refractivity contribution in [1.82, 2.24) is 0 Å². The smallest absolute Gasteiger partial charge is 0.405 e. The van der Waals surface area contributed by atoms with E-state index in [0.717, 1.165) is 12.2 Å². The van der Waals surface area contributed by atoms with Crippen LogP contribution in [0.1, 0.15) is 27.7 Å². The zero-order valence-corrected chi connectivity index (χ0v) is 14.9. The van der Waals surface area contributed by atoms with Crippen molar-refractivity contribution in [2.24, 2.45) is 0 Å². The molecular weight excluding hydrogens is 356 g/mol. The van der Waals surface area contributed by atoms with Crippen LogP contribution in [-0.2, 0) is 48.1 Å². The average Bonchev–Trinajstić information content (AvgIpc) is 2.56. The first-order valence-electron chi connectivity index (χ1n) is 7.35. The van der Waals surface area contributed by atoms with Crippen molar-refractivity contribution in [2.75, 3.05) is 0 Å². The molecular formula is C15H22O11. The van der Waals surface area contributed by atoms with Gasteiger partial charge in [-0.2, -0.15) is 9.78 Å². The molecule has 0 aliphatic rings. The largest absolute Gasteiger partial charge is 0.512 e. The maximum absolute atomic E-state index is 11.6. The Kier molecular flexibility index (Phi) is 11.6. The lowest BCUT2D eigenvalue weighted by Gasteiger charge is -2.20. The molecule has 0 amide bonds. The van der Waals surface area contributed by atoms with E-state index in [-0.39, 0.29) is 0 Å². The number of ether oxygens (including phenoxy) is 4. The van der Waals surface area contributed by atoms with Crippen LogP contribution in [0.4, 0.5) is 4.79 Å². The zero-order chi connectivity index (χ0) is 20.1. The molecule has 26 heavy (non-hydrogen) atoms. The van der Waals surface area contributed by atoms with Gasteiger partial charge in [-0.05, 0) is 27.7 Å². The van der Waals surface area contributed by atoms with Crippen LogP contribution >= 0.6 is 0 Å². The van der Waals surface area contributed by atoms with Crippen molar-refractivity contribution in [3.05, 3.63) is 25.3 Å². The Morgan fingerprint density at radius 1 is 0.692 bits per heavy atom. The van der Waals surface area contributed by atoms with Crippen molar-refractivity contribution >= 4 is 18.1 Å². The second-order valence-electron chi connectivity index (χ2n) is 4.43. The number of rotatable bonds is 12. The Hall–Kier alpha value is -2.47. The first-order valence-corrected chi connectivity index (χ1v) is 7.35. The van der Waals surface area contributed by atoms with Crippen LogP contribution in [0, 0.1) is 0 Å². The van der Waals surface area contributed by atoms with E-state index < -0.39 is 43.3 Å². The number of carbonyl (C=O) groups is 3. The topological polar surface area (TPSA) is 125 Å². The Morgan fingerprint density at radius 3 is 1.35 bits per heavy atom. The van der Waals surface area contributed by atoms with Gasteiger partial charge >= 0.3 is 18.1 Å². The van der Waals surface area contributed by atoms with Gasteiger partial charge in [0.25, 0.3) is 0 Å². The van der Waals surface area contributed by atoms with Gasteiger partial charge in [-0.1, -0.05) is 13.2 Å².